The van der Waals surface area contributed by atoms with Crippen molar-refractivity contribution in [3.63, 3.8) is 0 Å². The van der Waals surface area contributed by atoms with E-state index in [0.717, 1.165) is 6.07 Å². The highest BCUT2D eigenvalue weighted by Crippen LogP contribution is 2.33. The van der Waals surface area contributed by atoms with Gasteiger partial charge in [0.25, 0.3) is 0 Å². The molecule has 0 amide bonds. The third-order valence-corrected chi connectivity index (χ3v) is 4.54. The highest BCUT2D eigenvalue weighted by atomic mass is 32.2. The maximum Gasteiger partial charge on any atom is 0.312 e. The highest BCUT2D eigenvalue weighted by Gasteiger charge is 2.30. The number of nitrogens with one attached hydrogen (secondary N) is 1. The van der Waals surface area contributed by atoms with Gasteiger partial charge in [-0.15, -0.1) is 0 Å². The molecule has 8 nitrogen and oxygen atoms in total. The van der Waals surface area contributed by atoms with Gasteiger partial charge in [0.1, 0.15) is 6.10 Å². The number of nitro benzene ring substituents is 1. The van der Waals surface area contributed by atoms with Crippen LogP contribution in [0.2, 0.25) is 0 Å². The molecule has 1 saturated carbocycles. The standard InChI is InChI=1S/C11H15N3O5S/c1-13-20(17,18)9-2-3-11(10(6-9)14(15)16)19-8-4-7(12)5-8/h2-3,6-8,13H,4-5,12H2,1H3. The van der Waals surface area contributed by atoms with Crippen LogP contribution in [0.25, 0.3) is 0 Å². The van der Waals surface area contributed by atoms with Crippen LogP contribution in [0.4, 0.5) is 5.69 Å². The summed E-state index contributed by atoms with van der Waals surface area (Å²) in [5.74, 6) is 0.0574. The Morgan fingerprint density at radius 2 is 2.10 bits per heavy atom. The Labute approximate surface area is 116 Å². The number of nitrogens with two attached hydrogens (primary N) is 1. The molecule has 1 aliphatic carbocycles. The fraction of sp³-hybridized carbons (Fsp3) is 0.455. The quantitative estimate of drug-likeness (QED) is 0.598. The lowest BCUT2D eigenvalue weighted by atomic mass is 9.90. The monoisotopic (exact) mass is 301 g/mol. The molecule has 3 N–H and O–H groups in total. The van der Waals surface area contributed by atoms with Gasteiger partial charge in [0, 0.05) is 12.1 Å². The van der Waals surface area contributed by atoms with Gasteiger partial charge in [-0.25, -0.2) is 13.1 Å². The lowest BCUT2D eigenvalue weighted by Crippen LogP contribution is -2.43. The van der Waals surface area contributed by atoms with Crippen molar-refractivity contribution in [2.24, 2.45) is 5.73 Å². The summed E-state index contributed by atoms with van der Waals surface area (Å²) in [6.45, 7) is 0. The zero-order valence-corrected chi connectivity index (χ0v) is 11.6. The fourth-order valence-corrected chi connectivity index (χ4v) is 2.66. The van der Waals surface area contributed by atoms with E-state index < -0.39 is 14.9 Å². The molecule has 1 aromatic carbocycles. The number of sulfonamides is 1. The van der Waals surface area contributed by atoms with Crippen LogP contribution >= 0.6 is 0 Å². The number of nitrogens with zero attached hydrogens (tertiary/aromatic N) is 1. The minimum absolute atomic E-state index is 0.0574. The van der Waals surface area contributed by atoms with Crippen molar-refractivity contribution in [1.29, 1.82) is 0 Å². The molecule has 0 atom stereocenters. The molecular weight excluding hydrogens is 286 g/mol. The Hall–Kier alpha value is -1.71. The lowest BCUT2D eigenvalue weighted by molar-refractivity contribution is -0.386. The number of ether oxygens (including phenoxy) is 1. The van der Waals surface area contributed by atoms with Crippen molar-refractivity contribution in [3.8, 4) is 5.75 Å². The van der Waals surface area contributed by atoms with Crippen molar-refractivity contribution < 1.29 is 18.1 Å². The lowest BCUT2D eigenvalue weighted by Gasteiger charge is -2.32. The Morgan fingerprint density at radius 3 is 2.60 bits per heavy atom. The first kappa shape index (κ1) is 14.7. The third-order valence-electron chi connectivity index (χ3n) is 3.13. The van der Waals surface area contributed by atoms with E-state index in [9.17, 15) is 18.5 Å². The van der Waals surface area contributed by atoms with Gasteiger partial charge < -0.3 is 10.5 Å². The van der Waals surface area contributed by atoms with Crippen molar-refractivity contribution in [2.45, 2.75) is 29.9 Å². The molecule has 0 unspecified atom stereocenters. The van der Waals surface area contributed by atoms with Gasteiger partial charge in [-0.2, -0.15) is 0 Å². The Kier molecular flexibility index (Phi) is 3.93. The Morgan fingerprint density at radius 1 is 1.45 bits per heavy atom. The van der Waals surface area contributed by atoms with Crippen molar-refractivity contribution in [1.82, 2.24) is 4.72 Å². The van der Waals surface area contributed by atoms with E-state index in [1.165, 1.54) is 19.2 Å². The molecular formula is C11H15N3O5S. The predicted octanol–water partition coefficient (Wildman–Crippen LogP) is 0.371. The molecule has 110 valence electrons. The van der Waals surface area contributed by atoms with Crippen LogP contribution in [-0.2, 0) is 10.0 Å². The first-order valence-corrected chi connectivity index (χ1v) is 7.46. The normalized spacial score (nSPS) is 22.1. The number of hydrogen-bond acceptors (Lipinski definition) is 6. The van der Waals surface area contributed by atoms with E-state index in [-0.39, 0.29) is 28.5 Å². The highest BCUT2D eigenvalue weighted by molar-refractivity contribution is 7.89. The molecule has 0 radical (unpaired) electrons. The van der Waals surface area contributed by atoms with Crippen LogP contribution in [0.3, 0.4) is 0 Å². The largest absolute Gasteiger partial charge is 0.483 e. The Bertz CT molecular complexity index is 625. The smallest absolute Gasteiger partial charge is 0.312 e. The predicted molar refractivity (Wildman–Crippen MR) is 71.0 cm³/mol. The van der Waals surface area contributed by atoms with Crippen LogP contribution in [-0.4, -0.2) is 32.5 Å². The van der Waals surface area contributed by atoms with Gasteiger partial charge in [0.15, 0.2) is 5.75 Å². The van der Waals surface area contributed by atoms with Crippen molar-refractivity contribution >= 4 is 15.7 Å². The maximum absolute atomic E-state index is 11.6. The summed E-state index contributed by atoms with van der Waals surface area (Å²) >= 11 is 0. The van der Waals surface area contributed by atoms with E-state index in [4.69, 9.17) is 10.5 Å². The Balaban J connectivity index is 2.31. The minimum Gasteiger partial charge on any atom is -0.483 e. The van der Waals surface area contributed by atoms with Crippen LogP contribution in [0, 0.1) is 10.1 Å². The van der Waals surface area contributed by atoms with Gasteiger partial charge >= 0.3 is 5.69 Å². The second-order valence-corrected chi connectivity index (χ2v) is 6.45. The van der Waals surface area contributed by atoms with Gasteiger partial charge in [0.05, 0.1) is 9.82 Å². The molecule has 1 aromatic rings. The summed E-state index contributed by atoms with van der Waals surface area (Å²) < 4.78 is 30.8. The van der Waals surface area contributed by atoms with Crippen LogP contribution in [0.5, 0.6) is 5.75 Å². The molecule has 0 aliphatic heterocycles. The zero-order chi connectivity index (χ0) is 14.9. The number of hydrogen-bond donors (Lipinski definition) is 2. The molecule has 1 aliphatic rings. The molecule has 2 rings (SSSR count). The first-order chi connectivity index (χ1) is 9.33. The summed E-state index contributed by atoms with van der Waals surface area (Å²) in [5, 5.41) is 11.0. The molecule has 0 saturated heterocycles. The molecule has 0 aromatic heterocycles. The van der Waals surface area contributed by atoms with Gasteiger partial charge in [-0.3, -0.25) is 10.1 Å². The number of rotatable bonds is 5. The molecule has 0 bridgehead atoms. The molecule has 1 fully saturated rings. The van der Waals surface area contributed by atoms with Crippen LogP contribution in [0.1, 0.15) is 12.8 Å². The van der Waals surface area contributed by atoms with E-state index in [0.29, 0.717) is 12.8 Å². The summed E-state index contributed by atoms with van der Waals surface area (Å²) in [6.07, 6.45) is 1.11. The summed E-state index contributed by atoms with van der Waals surface area (Å²) in [5.41, 5.74) is 5.24. The fourth-order valence-electron chi connectivity index (χ4n) is 1.91. The van der Waals surface area contributed by atoms with Gasteiger partial charge in [-0.05, 0) is 32.0 Å². The van der Waals surface area contributed by atoms with E-state index in [2.05, 4.69) is 4.72 Å². The minimum atomic E-state index is -3.73. The third kappa shape index (κ3) is 2.89. The van der Waals surface area contributed by atoms with Crippen LogP contribution < -0.4 is 15.2 Å². The second kappa shape index (κ2) is 5.35. The maximum atomic E-state index is 11.6. The van der Waals surface area contributed by atoms with Crippen LogP contribution in [0.15, 0.2) is 23.1 Å². The molecule has 9 heteroatoms. The topological polar surface area (TPSA) is 125 Å². The van der Waals surface area contributed by atoms with E-state index in [1.807, 2.05) is 0 Å². The average molecular weight is 301 g/mol. The molecule has 0 spiro atoms. The summed E-state index contributed by atoms with van der Waals surface area (Å²) in [7, 11) is -2.49. The van der Waals surface area contributed by atoms with E-state index >= 15 is 0 Å². The first-order valence-electron chi connectivity index (χ1n) is 5.97. The zero-order valence-electron chi connectivity index (χ0n) is 10.8. The van der Waals surface area contributed by atoms with Gasteiger partial charge in [-0.1, -0.05) is 0 Å². The SMILES string of the molecule is CNS(=O)(=O)c1ccc(OC2CC(N)C2)c([N+](=O)[O-])c1. The summed E-state index contributed by atoms with van der Waals surface area (Å²) in [4.78, 5) is 10.2. The summed E-state index contributed by atoms with van der Waals surface area (Å²) in [6, 6.07) is 3.61. The van der Waals surface area contributed by atoms with Crippen molar-refractivity contribution in [2.75, 3.05) is 7.05 Å². The molecule has 20 heavy (non-hydrogen) atoms. The van der Waals surface area contributed by atoms with Crippen molar-refractivity contribution in [3.05, 3.63) is 28.3 Å². The van der Waals surface area contributed by atoms with Gasteiger partial charge in [0.2, 0.25) is 10.0 Å². The van der Waals surface area contributed by atoms with E-state index in [1.54, 1.807) is 0 Å². The average Bonchev–Trinajstić information content (AvgIpc) is 2.36. The number of benzene rings is 1. The number of nitro groups is 1. The second-order valence-electron chi connectivity index (χ2n) is 4.57. The molecule has 0 heterocycles.